The van der Waals surface area contributed by atoms with Crippen LogP contribution in [-0.4, -0.2) is 195 Å². The molecule has 0 aromatic rings. The minimum absolute atomic E-state index is 0.000364. The van der Waals surface area contributed by atoms with E-state index in [0.29, 0.717) is 40.8 Å². The molecule has 3 rings (SSSR count). The fourth-order valence-corrected chi connectivity index (χ4v) is 13.1. The van der Waals surface area contributed by atoms with Gasteiger partial charge in [-0.25, -0.2) is 0 Å². The third-order valence-corrected chi connectivity index (χ3v) is 20.7. The molecule has 0 bridgehead atoms. The summed E-state index contributed by atoms with van der Waals surface area (Å²) in [4.78, 5) is 128. The quantitative estimate of drug-likeness (QED) is 0.0625. The maximum atomic E-state index is 13.7. The molecule has 3 N–H and O–H groups in total. The summed E-state index contributed by atoms with van der Waals surface area (Å²) in [6.45, 7) is 56.0. The molecule has 3 heterocycles. The first kappa shape index (κ1) is 88.9. The number of hydrogen-bond acceptors (Lipinski definition) is 12. The van der Waals surface area contributed by atoms with Crippen molar-refractivity contribution in [1.29, 1.82) is 0 Å². The van der Waals surface area contributed by atoms with Crippen LogP contribution in [0, 0.1) is 40.4 Å². The summed E-state index contributed by atoms with van der Waals surface area (Å²) in [5, 5.41) is 9.35. The minimum atomic E-state index is -0.652. The van der Waals surface area contributed by atoms with Crippen LogP contribution in [-0.2, 0) is 43.2 Å². The van der Waals surface area contributed by atoms with E-state index >= 15 is 0 Å². The zero-order valence-electron chi connectivity index (χ0n) is 66.3. The van der Waals surface area contributed by atoms with E-state index in [1.54, 1.807) is 56.6 Å². The van der Waals surface area contributed by atoms with E-state index in [2.05, 4.69) is 79.1 Å². The van der Waals surface area contributed by atoms with E-state index in [9.17, 15) is 43.2 Å². The van der Waals surface area contributed by atoms with Crippen LogP contribution in [0.2, 0.25) is 0 Å². The molecule has 0 spiro atoms. The number of piperidine rings is 3. The molecule has 18 nitrogen and oxygen atoms in total. The van der Waals surface area contributed by atoms with Crippen molar-refractivity contribution in [1.82, 2.24) is 45.3 Å². The summed E-state index contributed by atoms with van der Waals surface area (Å²) in [6.07, 6.45) is 16.5. The first-order valence-corrected chi connectivity index (χ1v) is 36.8. The van der Waals surface area contributed by atoms with E-state index in [-0.39, 0.29) is 113 Å². The number of carbonyl (C=O) groups is 9. The molecule has 552 valence electrons. The Morgan fingerprint density at radius 1 is 0.396 bits per heavy atom. The molecule has 18 heteroatoms. The lowest BCUT2D eigenvalue weighted by Gasteiger charge is -2.42. The second kappa shape index (κ2) is 40.9. The number of hydrogen-bond donors (Lipinski definition) is 3. The monoisotopic (exact) mass is 1350 g/mol. The maximum absolute atomic E-state index is 13.7. The molecular formula is C78H141N9O9. The SMILES string of the molecule is CC(=O)/C(C)=C/[C@H](C(C)C)N(C)C(=O)[C@@H](NC(=O)[C@H]1CCCCN1C(C)C(C)C)C(C)(C)C.CCC(C)N1CCCC[C@@H]1C(=O)N[C@H](C(=O)N(C)[C@H](/C=C(\C)C(C)=O)C(C)C)C(C)(C)C.CCC(C)N1CCCC[C@@H]1C(=O)N[C@H](C(=O)N(C)[C@H](/C=C(\C)C(C)=O)C(C)C)C(C)C. The summed E-state index contributed by atoms with van der Waals surface area (Å²) in [5.74, 6) is 0.315. The predicted molar refractivity (Wildman–Crippen MR) is 394 cm³/mol. The van der Waals surface area contributed by atoms with Crippen molar-refractivity contribution in [3.63, 3.8) is 0 Å². The second-order valence-corrected chi connectivity index (χ2v) is 32.4. The average molecular weight is 1350 g/mol. The van der Waals surface area contributed by atoms with E-state index in [4.69, 9.17) is 0 Å². The second-order valence-electron chi connectivity index (χ2n) is 32.4. The van der Waals surface area contributed by atoms with Gasteiger partial charge in [-0.15, -0.1) is 0 Å². The number of nitrogens with one attached hydrogen (secondary N) is 3. The predicted octanol–water partition coefficient (Wildman–Crippen LogP) is 12.4. The fourth-order valence-electron chi connectivity index (χ4n) is 13.1. The van der Waals surface area contributed by atoms with E-state index in [0.717, 1.165) is 90.3 Å². The van der Waals surface area contributed by atoms with Crippen molar-refractivity contribution < 1.29 is 43.2 Å². The molecule has 0 aromatic heterocycles. The van der Waals surface area contributed by atoms with Gasteiger partial charge in [-0.1, -0.05) is 162 Å². The van der Waals surface area contributed by atoms with Gasteiger partial charge < -0.3 is 30.7 Å². The molecule has 0 saturated carbocycles. The Morgan fingerprint density at radius 2 is 0.667 bits per heavy atom. The summed E-state index contributed by atoms with van der Waals surface area (Å²) < 4.78 is 0. The Hall–Kier alpha value is -5.07. The van der Waals surface area contributed by atoms with Crippen LogP contribution < -0.4 is 16.0 Å². The van der Waals surface area contributed by atoms with Crippen LogP contribution in [0.1, 0.15) is 258 Å². The smallest absolute Gasteiger partial charge is 0.245 e. The highest BCUT2D eigenvalue weighted by Gasteiger charge is 2.43. The van der Waals surface area contributed by atoms with Gasteiger partial charge in [0.05, 0.1) is 36.3 Å². The molecule has 6 amide bonds. The number of likely N-dealkylation sites (tertiary alicyclic amines) is 3. The highest BCUT2D eigenvalue weighted by molar-refractivity contribution is 5.95. The van der Waals surface area contributed by atoms with Crippen molar-refractivity contribution in [2.75, 3.05) is 40.8 Å². The summed E-state index contributed by atoms with van der Waals surface area (Å²) >= 11 is 0. The number of ketones is 3. The summed E-state index contributed by atoms with van der Waals surface area (Å²) in [5.41, 5.74) is 1.04. The van der Waals surface area contributed by atoms with Gasteiger partial charge in [0.1, 0.15) is 18.1 Å². The Bertz CT molecular complexity index is 2630. The van der Waals surface area contributed by atoms with Gasteiger partial charge in [-0.3, -0.25) is 57.9 Å². The molecule has 3 saturated heterocycles. The van der Waals surface area contributed by atoms with Gasteiger partial charge in [-0.2, -0.15) is 0 Å². The maximum Gasteiger partial charge on any atom is 0.245 e. The molecule has 3 fully saturated rings. The Balaban J connectivity index is 0.000000720. The zero-order valence-corrected chi connectivity index (χ0v) is 66.3. The van der Waals surface area contributed by atoms with Crippen molar-refractivity contribution in [2.45, 2.75) is 330 Å². The van der Waals surface area contributed by atoms with Crippen LogP contribution >= 0.6 is 0 Å². The van der Waals surface area contributed by atoms with Gasteiger partial charge in [0.15, 0.2) is 17.3 Å². The van der Waals surface area contributed by atoms with Gasteiger partial charge in [-0.05, 0) is 190 Å². The van der Waals surface area contributed by atoms with Gasteiger partial charge in [0.2, 0.25) is 35.4 Å². The first-order chi connectivity index (χ1) is 44.2. The zero-order chi connectivity index (χ0) is 74.3. The van der Waals surface area contributed by atoms with E-state index in [1.165, 1.54) is 20.8 Å². The Morgan fingerprint density at radius 3 is 0.917 bits per heavy atom. The van der Waals surface area contributed by atoms with E-state index in [1.807, 2.05) is 115 Å². The number of carbonyl (C=O) groups excluding carboxylic acids is 9. The van der Waals surface area contributed by atoms with Crippen molar-refractivity contribution in [2.24, 2.45) is 40.4 Å². The lowest BCUT2D eigenvalue weighted by molar-refractivity contribution is -0.142. The number of rotatable bonds is 28. The van der Waals surface area contributed by atoms with E-state index < -0.39 is 29.0 Å². The molecule has 3 aliphatic heterocycles. The first-order valence-electron chi connectivity index (χ1n) is 36.8. The minimum Gasteiger partial charge on any atom is -0.343 e. The van der Waals surface area contributed by atoms with Gasteiger partial charge in [0.25, 0.3) is 0 Å². The number of allylic oxidation sites excluding steroid dienone is 3. The third-order valence-electron chi connectivity index (χ3n) is 20.7. The number of likely N-dealkylation sites (N-methyl/N-ethyl adjacent to an activating group) is 3. The molecule has 12 atom stereocenters. The molecular weight excluding hydrogens is 1210 g/mol. The van der Waals surface area contributed by atoms with Crippen LogP contribution in [0.5, 0.6) is 0 Å². The van der Waals surface area contributed by atoms with Crippen LogP contribution in [0.4, 0.5) is 0 Å². The molecule has 3 aliphatic rings. The molecule has 3 unspecified atom stereocenters. The lowest BCUT2D eigenvalue weighted by atomic mass is 9.84. The summed E-state index contributed by atoms with van der Waals surface area (Å²) in [6, 6.07) is -2.14. The Kier molecular flexibility index (Phi) is 37.9. The van der Waals surface area contributed by atoms with Crippen LogP contribution in [0.3, 0.4) is 0 Å². The highest BCUT2D eigenvalue weighted by Crippen LogP contribution is 2.30. The van der Waals surface area contributed by atoms with Crippen molar-refractivity contribution in [3.8, 4) is 0 Å². The molecule has 0 radical (unpaired) electrons. The topological polar surface area (TPSA) is 209 Å². The summed E-state index contributed by atoms with van der Waals surface area (Å²) in [7, 11) is 5.31. The lowest BCUT2D eigenvalue weighted by Crippen LogP contribution is -2.61. The Labute approximate surface area is 584 Å². The number of nitrogens with zero attached hydrogens (tertiary/aromatic N) is 6. The van der Waals surface area contributed by atoms with Gasteiger partial charge >= 0.3 is 0 Å². The molecule has 0 aromatic carbocycles. The highest BCUT2D eigenvalue weighted by atomic mass is 16.2. The normalized spacial score (nSPS) is 21.0. The standard InChI is InChI=1S/C27H49N3O3.C26H47N3O3.C25H45N3O3/c1-17(2)20(6)30-15-13-12-14-22(30)25(32)28-24(27(8,9)10)26(33)29(11)23(18(3)4)16-19(5)21(7)31;1-11-19(5)29-15-13-12-14-21(29)24(31)27-23(26(7,8)9)25(32)28(10)22(17(2)3)16-18(4)20(6)30;1-10-19(7)28-14-12-11-13-21(28)24(30)26-23(17(4)5)25(31)27(9)22(16(2)3)15-18(6)20(8)29/h16-18,20,22-24H,12-15H2,1-11H3,(H,28,32);16-17,19,21-23H,11-15H2,1-10H3,(H,27,31);15-17,19,21-23H,10-14H2,1-9H3,(H,26,30)/b19-16+;18-16+;18-15+/t20?,22-,23-,24-;19?,21-,22-,23-;19?,21-,22-,23+/m111/s1. The van der Waals surface area contributed by atoms with Gasteiger partial charge in [0, 0.05) is 39.3 Å². The fraction of sp³-hybridized carbons (Fsp3) is 0.808. The van der Waals surface area contributed by atoms with Crippen LogP contribution in [0.15, 0.2) is 34.9 Å². The number of amides is 6. The average Bonchev–Trinajstić information content (AvgIpc) is 0.826. The van der Waals surface area contributed by atoms with Crippen molar-refractivity contribution >= 4 is 52.8 Å². The number of Topliss-reactive ketones (excluding diaryl/α,β-unsaturated/α-hetero) is 3. The van der Waals surface area contributed by atoms with Crippen LogP contribution in [0.25, 0.3) is 0 Å². The molecule has 0 aliphatic carbocycles. The third kappa shape index (κ3) is 26.9. The van der Waals surface area contributed by atoms with Crippen molar-refractivity contribution in [3.05, 3.63) is 34.9 Å². The molecule has 96 heavy (non-hydrogen) atoms. The largest absolute Gasteiger partial charge is 0.343 e.